The van der Waals surface area contributed by atoms with E-state index >= 15 is 0 Å². The molecule has 0 amide bonds. The number of aromatic nitrogens is 2. The van der Waals surface area contributed by atoms with Crippen LogP contribution in [0.4, 0.5) is 5.69 Å². The summed E-state index contributed by atoms with van der Waals surface area (Å²) in [4.78, 5) is 12.3. The molecule has 0 aromatic carbocycles. The smallest absolute Gasteiger partial charge is 0.291 e. The highest BCUT2D eigenvalue weighted by atomic mass is 35.5. The summed E-state index contributed by atoms with van der Waals surface area (Å²) >= 11 is 6.07. The molecule has 0 spiro atoms. The van der Waals surface area contributed by atoms with E-state index in [0.29, 0.717) is 28.6 Å². The summed E-state index contributed by atoms with van der Waals surface area (Å²) in [6.07, 6.45) is 6.38. The largest absolute Gasteiger partial charge is 0.376 e. The summed E-state index contributed by atoms with van der Waals surface area (Å²) in [5, 5.41) is 7.82. The molecule has 2 saturated carbocycles. The highest BCUT2D eigenvalue weighted by Crippen LogP contribution is 2.33. The third-order valence-corrected chi connectivity index (χ3v) is 4.38. The summed E-state index contributed by atoms with van der Waals surface area (Å²) in [6.45, 7) is 2.89. The van der Waals surface area contributed by atoms with Crippen LogP contribution in [0, 0.1) is 11.8 Å². The van der Waals surface area contributed by atoms with Crippen molar-refractivity contribution in [2.24, 2.45) is 11.8 Å². The zero-order valence-electron chi connectivity index (χ0n) is 10.5. The number of hydrogen-bond donors (Lipinski definition) is 1. The maximum Gasteiger partial charge on any atom is 0.291 e. The van der Waals surface area contributed by atoms with Gasteiger partial charge in [-0.1, -0.05) is 24.9 Å². The zero-order chi connectivity index (χ0) is 12.7. The van der Waals surface area contributed by atoms with E-state index in [2.05, 4.69) is 17.3 Å². The van der Waals surface area contributed by atoms with E-state index in [1.165, 1.54) is 19.3 Å². The van der Waals surface area contributed by atoms with Gasteiger partial charge in [0, 0.05) is 12.6 Å². The highest BCUT2D eigenvalue weighted by Gasteiger charge is 2.33. The molecule has 2 aliphatic rings. The third kappa shape index (κ3) is 2.26. The summed E-state index contributed by atoms with van der Waals surface area (Å²) < 4.78 is 1.56. The first-order chi connectivity index (χ1) is 8.65. The first-order valence-electron chi connectivity index (χ1n) is 6.67. The fourth-order valence-electron chi connectivity index (χ4n) is 2.36. The van der Waals surface area contributed by atoms with E-state index in [-0.39, 0.29) is 5.56 Å². The zero-order valence-corrected chi connectivity index (χ0v) is 11.3. The van der Waals surface area contributed by atoms with Crippen molar-refractivity contribution < 1.29 is 0 Å². The molecule has 98 valence electrons. The van der Waals surface area contributed by atoms with Gasteiger partial charge in [-0.3, -0.25) is 4.79 Å². The minimum Gasteiger partial charge on any atom is -0.376 e. The van der Waals surface area contributed by atoms with Gasteiger partial charge in [-0.15, -0.1) is 0 Å². The molecule has 0 radical (unpaired) electrons. The Labute approximate surface area is 111 Å². The Morgan fingerprint density at radius 1 is 1.56 bits per heavy atom. The van der Waals surface area contributed by atoms with E-state index in [1.54, 1.807) is 10.9 Å². The fraction of sp³-hybridized carbons (Fsp3) is 0.692. The molecule has 0 aliphatic heterocycles. The molecule has 2 aliphatic carbocycles. The van der Waals surface area contributed by atoms with Crippen LogP contribution in [0.25, 0.3) is 0 Å². The van der Waals surface area contributed by atoms with Crippen LogP contribution in [-0.2, 0) is 6.54 Å². The van der Waals surface area contributed by atoms with Crippen LogP contribution < -0.4 is 10.9 Å². The predicted molar refractivity (Wildman–Crippen MR) is 72.0 cm³/mol. The van der Waals surface area contributed by atoms with Crippen LogP contribution in [0.15, 0.2) is 11.0 Å². The predicted octanol–water partition coefficient (Wildman–Crippen LogP) is 2.52. The molecule has 1 aromatic heterocycles. The van der Waals surface area contributed by atoms with Gasteiger partial charge >= 0.3 is 0 Å². The molecule has 1 aromatic rings. The summed E-state index contributed by atoms with van der Waals surface area (Å²) in [6, 6.07) is 0.398. The molecule has 18 heavy (non-hydrogen) atoms. The lowest BCUT2D eigenvalue weighted by Crippen LogP contribution is -2.31. The Bertz CT molecular complexity index is 509. The van der Waals surface area contributed by atoms with Crippen LogP contribution in [0.1, 0.15) is 32.6 Å². The first-order valence-corrected chi connectivity index (χ1v) is 7.05. The van der Waals surface area contributed by atoms with Gasteiger partial charge in [-0.25, -0.2) is 4.68 Å². The van der Waals surface area contributed by atoms with Crippen LogP contribution in [0.3, 0.4) is 0 Å². The van der Waals surface area contributed by atoms with Gasteiger partial charge < -0.3 is 5.32 Å². The van der Waals surface area contributed by atoms with Gasteiger partial charge in [0.2, 0.25) is 0 Å². The van der Waals surface area contributed by atoms with Crippen LogP contribution in [0.5, 0.6) is 0 Å². The molecule has 2 fully saturated rings. The van der Waals surface area contributed by atoms with Gasteiger partial charge in [0.15, 0.2) is 0 Å². The van der Waals surface area contributed by atoms with Crippen molar-refractivity contribution in [3.8, 4) is 0 Å². The number of nitrogens with zero attached hydrogens (tertiary/aromatic N) is 2. The van der Waals surface area contributed by atoms with Gasteiger partial charge in [0.1, 0.15) is 5.69 Å². The molecule has 0 saturated heterocycles. The molecule has 5 heteroatoms. The Balaban J connectivity index is 1.82. The molecular formula is C13H18ClN3O. The number of halogens is 1. The van der Waals surface area contributed by atoms with Crippen molar-refractivity contribution in [3.63, 3.8) is 0 Å². The number of rotatable bonds is 4. The molecule has 2 unspecified atom stereocenters. The van der Waals surface area contributed by atoms with Gasteiger partial charge in [0.05, 0.1) is 11.2 Å². The Hall–Kier alpha value is -1.03. The second-order valence-electron chi connectivity index (χ2n) is 5.62. The number of nitrogens with one attached hydrogen (secondary N) is 1. The van der Waals surface area contributed by atoms with E-state index in [1.807, 2.05) is 0 Å². The average molecular weight is 268 g/mol. The fourth-order valence-corrected chi connectivity index (χ4v) is 2.54. The maximum atomic E-state index is 12.3. The molecule has 4 nitrogen and oxygen atoms in total. The summed E-state index contributed by atoms with van der Waals surface area (Å²) in [5.74, 6) is 1.25. The normalized spacial score (nSPS) is 26.8. The first kappa shape index (κ1) is 12.0. The van der Waals surface area contributed by atoms with Crippen LogP contribution in [-0.4, -0.2) is 15.8 Å². The van der Waals surface area contributed by atoms with E-state index in [0.717, 1.165) is 13.0 Å². The van der Waals surface area contributed by atoms with Crippen LogP contribution >= 0.6 is 11.6 Å². The van der Waals surface area contributed by atoms with Crippen molar-refractivity contribution in [1.82, 2.24) is 9.78 Å². The van der Waals surface area contributed by atoms with Crippen molar-refractivity contribution >= 4 is 17.3 Å². The molecule has 0 bridgehead atoms. The monoisotopic (exact) mass is 267 g/mol. The van der Waals surface area contributed by atoms with Gasteiger partial charge in [-0.2, -0.15) is 5.10 Å². The minimum atomic E-state index is -0.0755. The van der Waals surface area contributed by atoms with Crippen molar-refractivity contribution in [2.45, 2.75) is 45.2 Å². The second-order valence-corrected chi connectivity index (χ2v) is 6.02. The third-order valence-electron chi connectivity index (χ3n) is 4.09. The lowest BCUT2D eigenvalue weighted by Gasteiger charge is -2.25. The molecular weight excluding hydrogens is 250 g/mol. The van der Waals surface area contributed by atoms with Gasteiger partial charge in [0.25, 0.3) is 5.56 Å². The Morgan fingerprint density at radius 2 is 2.28 bits per heavy atom. The lowest BCUT2D eigenvalue weighted by molar-refractivity contribution is 0.262. The highest BCUT2D eigenvalue weighted by molar-refractivity contribution is 6.33. The summed E-state index contributed by atoms with van der Waals surface area (Å²) in [7, 11) is 0. The SMILES string of the molecule is CC1CC1Nc1c(Cl)cnn(CC2CCC2)c1=O. The topological polar surface area (TPSA) is 46.9 Å². The van der Waals surface area contributed by atoms with Gasteiger partial charge in [-0.05, 0) is 31.1 Å². The van der Waals surface area contributed by atoms with Crippen LogP contribution in [0.2, 0.25) is 5.02 Å². The number of anilines is 1. The van der Waals surface area contributed by atoms with Crippen molar-refractivity contribution in [3.05, 3.63) is 21.6 Å². The average Bonchev–Trinajstić information content (AvgIpc) is 2.97. The molecule has 1 heterocycles. The standard InChI is InChI=1S/C13H18ClN3O/c1-8-5-11(8)16-12-10(14)6-15-17(13(12)18)7-9-3-2-4-9/h6,8-9,11,16H,2-5,7H2,1H3. The Morgan fingerprint density at radius 3 is 2.83 bits per heavy atom. The maximum absolute atomic E-state index is 12.3. The lowest BCUT2D eigenvalue weighted by atomic mass is 9.85. The van der Waals surface area contributed by atoms with E-state index in [9.17, 15) is 4.79 Å². The van der Waals surface area contributed by atoms with Crippen molar-refractivity contribution in [2.75, 3.05) is 5.32 Å². The number of hydrogen-bond acceptors (Lipinski definition) is 3. The van der Waals surface area contributed by atoms with Crippen molar-refractivity contribution in [1.29, 1.82) is 0 Å². The van der Waals surface area contributed by atoms with E-state index in [4.69, 9.17) is 11.6 Å². The van der Waals surface area contributed by atoms with E-state index < -0.39 is 0 Å². The summed E-state index contributed by atoms with van der Waals surface area (Å²) in [5.41, 5.74) is 0.453. The minimum absolute atomic E-state index is 0.0755. The molecule has 3 rings (SSSR count). The molecule has 1 N–H and O–H groups in total. The Kier molecular flexibility index (Phi) is 3.06. The quantitative estimate of drug-likeness (QED) is 0.912. The second kappa shape index (κ2) is 4.57. The molecule has 2 atom stereocenters.